The molecule has 0 saturated carbocycles. The van der Waals surface area contributed by atoms with Gasteiger partial charge in [-0.05, 0) is 32.9 Å². The first-order valence-corrected chi connectivity index (χ1v) is 6.92. The van der Waals surface area contributed by atoms with Crippen LogP contribution < -0.4 is 5.32 Å². The number of aromatic nitrogens is 2. The Balaban J connectivity index is 2.32. The van der Waals surface area contributed by atoms with Gasteiger partial charge in [0, 0.05) is 18.3 Å². The summed E-state index contributed by atoms with van der Waals surface area (Å²) >= 11 is 0. The van der Waals surface area contributed by atoms with Gasteiger partial charge < -0.3 is 5.32 Å². The van der Waals surface area contributed by atoms with Gasteiger partial charge in [0.25, 0.3) is 0 Å². The number of rotatable bonds is 5. The maximum atomic E-state index is 4.42. The molecule has 1 unspecified atom stereocenters. The molecule has 19 heavy (non-hydrogen) atoms. The fourth-order valence-corrected chi connectivity index (χ4v) is 2.58. The second-order valence-electron chi connectivity index (χ2n) is 5.18. The van der Waals surface area contributed by atoms with Crippen molar-refractivity contribution in [2.45, 2.75) is 39.8 Å². The molecular weight excluding hydrogens is 234 g/mol. The Morgan fingerprint density at radius 2 is 1.84 bits per heavy atom. The van der Waals surface area contributed by atoms with Crippen LogP contribution in [0.2, 0.25) is 0 Å². The van der Waals surface area contributed by atoms with E-state index in [0.29, 0.717) is 0 Å². The monoisotopic (exact) mass is 257 g/mol. The molecule has 2 rings (SSSR count). The van der Waals surface area contributed by atoms with Gasteiger partial charge in [0.15, 0.2) is 0 Å². The van der Waals surface area contributed by atoms with Crippen molar-refractivity contribution < 1.29 is 0 Å². The van der Waals surface area contributed by atoms with Crippen LogP contribution in [-0.4, -0.2) is 16.8 Å². The zero-order valence-corrected chi connectivity index (χ0v) is 12.3. The van der Waals surface area contributed by atoms with Gasteiger partial charge >= 0.3 is 0 Å². The first-order chi connectivity index (χ1) is 9.13. The minimum absolute atomic E-state index is 0.212. The Hall–Kier alpha value is -1.61. The highest BCUT2D eigenvalue weighted by Gasteiger charge is 2.14. The van der Waals surface area contributed by atoms with Gasteiger partial charge in [0.05, 0.1) is 12.2 Å². The minimum atomic E-state index is 0.212. The summed E-state index contributed by atoms with van der Waals surface area (Å²) in [5.41, 5.74) is 5.13. The van der Waals surface area contributed by atoms with Crippen LogP contribution in [0.3, 0.4) is 0 Å². The number of benzene rings is 1. The van der Waals surface area contributed by atoms with Crippen molar-refractivity contribution in [3.63, 3.8) is 0 Å². The maximum Gasteiger partial charge on any atom is 0.0605 e. The molecule has 0 spiro atoms. The summed E-state index contributed by atoms with van der Waals surface area (Å²) < 4.78 is 2.02. The van der Waals surface area contributed by atoms with Gasteiger partial charge in [-0.25, -0.2) is 0 Å². The molecule has 0 saturated heterocycles. The second-order valence-corrected chi connectivity index (χ2v) is 5.18. The summed E-state index contributed by atoms with van der Waals surface area (Å²) in [6.45, 7) is 7.43. The highest BCUT2D eigenvalue weighted by Crippen LogP contribution is 2.23. The van der Waals surface area contributed by atoms with Crippen molar-refractivity contribution in [1.82, 2.24) is 15.1 Å². The van der Waals surface area contributed by atoms with E-state index in [2.05, 4.69) is 55.6 Å². The fourth-order valence-electron chi connectivity index (χ4n) is 2.58. The third-order valence-electron chi connectivity index (χ3n) is 3.31. The Bertz CT molecular complexity index is 522. The number of hydrogen-bond acceptors (Lipinski definition) is 2. The number of nitrogens with zero attached hydrogens (tertiary/aromatic N) is 2. The SMILES string of the molecule is CCCn1cc(C(NC)c2cc(C)cc(C)c2)cn1. The summed E-state index contributed by atoms with van der Waals surface area (Å²) in [6.07, 6.45) is 5.21. The van der Waals surface area contributed by atoms with E-state index in [-0.39, 0.29) is 6.04 Å². The van der Waals surface area contributed by atoms with E-state index in [9.17, 15) is 0 Å². The number of hydrogen-bond donors (Lipinski definition) is 1. The van der Waals surface area contributed by atoms with E-state index >= 15 is 0 Å². The van der Waals surface area contributed by atoms with Crippen LogP contribution in [0.4, 0.5) is 0 Å². The first-order valence-electron chi connectivity index (χ1n) is 6.92. The molecule has 1 heterocycles. The molecule has 0 bridgehead atoms. The highest BCUT2D eigenvalue weighted by atomic mass is 15.3. The van der Waals surface area contributed by atoms with E-state index in [1.807, 2.05) is 17.9 Å². The van der Waals surface area contributed by atoms with Gasteiger partial charge in [-0.3, -0.25) is 4.68 Å². The van der Waals surface area contributed by atoms with Gasteiger partial charge in [0.1, 0.15) is 0 Å². The summed E-state index contributed by atoms with van der Waals surface area (Å²) in [4.78, 5) is 0. The van der Waals surface area contributed by atoms with Crippen molar-refractivity contribution in [3.8, 4) is 0 Å². The fraction of sp³-hybridized carbons (Fsp3) is 0.438. The largest absolute Gasteiger partial charge is 0.309 e. The van der Waals surface area contributed by atoms with Gasteiger partial charge in [-0.1, -0.05) is 36.2 Å². The lowest BCUT2D eigenvalue weighted by Gasteiger charge is -2.16. The normalized spacial score (nSPS) is 12.6. The summed E-state index contributed by atoms with van der Waals surface area (Å²) in [5.74, 6) is 0. The molecule has 0 aliphatic carbocycles. The predicted molar refractivity (Wildman–Crippen MR) is 79.3 cm³/mol. The Labute approximate surface area is 115 Å². The standard InChI is InChI=1S/C16H23N3/c1-5-6-19-11-15(10-18-19)16(17-4)14-8-12(2)7-13(3)9-14/h7-11,16-17H,5-6H2,1-4H3. The number of nitrogens with one attached hydrogen (secondary N) is 1. The third kappa shape index (κ3) is 3.24. The van der Waals surface area contributed by atoms with Crippen molar-refractivity contribution in [3.05, 3.63) is 52.8 Å². The molecule has 0 aliphatic heterocycles. The smallest absolute Gasteiger partial charge is 0.0605 e. The van der Waals surface area contributed by atoms with Gasteiger partial charge in [-0.15, -0.1) is 0 Å². The van der Waals surface area contributed by atoms with Crippen molar-refractivity contribution in [2.24, 2.45) is 0 Å². The second kappa shape index (κ2) is 6.02. The lowest BCUT2D eigenvalue weighted by molar-refractivity contribution is 0.600. The highest BCUT2D eigenvalue weighted by molar-refractivity contribution is 5.35. The van der Waals surface area contributed by atoms with Crippen molar-refractivity contribution >= 4 is 0 Å². The molecule has 1 aromatic heterocycles. The summed E-state index contributed by atoms with van der Waals surface area (Å²) in [6, 6.07) is 6.90. The molecule has 0 radical (unpaired) electrons. The van der Waals surface area contributed by atoms with Crippen LogP contribution >= 0.6 is 0 Å². The Kier molecular flexibility index (Phi) is 4.38. The Morgan fingerprint density at radius 1 is 1.16 bits per heavy atom. The van der Waals surface area contributed by atoms with Gasteiger partial charge in [0.2, 0.25) is 0 Å². The molecule has 102 valence electrons. The summed E-state index contributed by atoms with van der Waals surface area (Å²) in [5, 5.41) is 7.81. The van der Waals surface area contributed by atoms with E-state index in [4.69, 9.17) is 0 Å². The maximum absolute atomic E-state index is 4.42. The van der Waals surface area contributed by atoms with Crippen molar-refractivity contribution in [2.75, 3.05) is 7.05 Å². The van der Waals surface area contributed by atoms with E-state index in [0.717, 1.165) is 13.0 Å². The zero-order chi connectivity index (χ0) is 13.8. The van der Waals surface area contributed by atoms with Crippen LogP contribution in [0.25, 0.3) is 0 Å². The molecule has 3 heteroatoms. The average molecular weight is 257 g/mol. The minimum Gasteiger partial charge on any atom is -0.309 e. The Morgan fingerprint density at radius 3 is 2.42 bits per heavy atom. The molecule has 0 aliphatic rings. The lowest BCUT2D eigenvalue weighted by Crippen LogP contribution is -2.17. The first kappa shape index (κ1) is 13.8. The molecule has 2 aromatic rings. The summed E-state index contributed by atoms with van der Waals surface area (Å²) in [7, 11) is 2.00. The molecule has 0 amide bonds. The molecule has 0 fully saturated rings. The third-order valence-corrected chi connectivity index (χ3v) is 3.31. The van der Waals surface area contributed by atoms with Crippen LogP contribution in [0, 0.1) is 13.8 Å². The molecule has 1 aromatic carbocycles. The quantitative estimate of drug-likeness (QED) is 0.891. The average Bonchev–Trinajstić information content (AvgIpc) is 2.78. The molecule has 3 nitrogen and oxygen atoms in total. The van der Waals surface area contributed by atoms with Crippen molar-refractivity contribution in [1.29, 1.82) is 0 Å². The topological polar surface area (TPSA) is 29.9 Å². The van der Waals surface area contributed by atoms with Crippen LogP contribution in [0.1, 0.15) is 41.6 Å². The molecule has 1 N–H and O–H groups in total. The zero-order valence-electron chi connectivity index (χ0n) is 12.3. The van der Waals surface area contributed by atoms with Crippen LogP contribution in [-0.2, 0) is 6.54 Å². The molecule has 1 atom stereocenters. The van der Waals surface area contributed by atoms with Crippen LogP contribution in [0.5, 0.6) is 0 Å². The molecular formula is C16H23N3. The predicted octanol–water partition coefficient (Wildman–Crippen LogP) is 3.22. The lowest BCUT2D eigenvalue weighted by atomic mass is 9.98. The van der Waals surface area contributed by atoms with E-state index < -0.39 is 0 Å². The van der Waals surface area contributed by atoms with E-state index in [1.54, 1.807) is 0 Å². The van der Waals surface area contributed by atoms with Crippen LogP contribution in [0.15, 0.2) is 30.6 Å². The number of aryl methyl sites for hydroxylation is 3. The van der Waals surface area contributed by atoms with Gasteiger partial charge in [-0.2, -0.15) is 5.10 Å². The van der Waals surface area contributed by atoms with E-state index in [1.165, 1.54) is 22.3 Å².